The average Bonchev–Trinajstić information content (AvgIpc) is 2.28. The van der Waals surface area contributed by atoms with Gasteiger partial charge in [0.05, 0.1) is 0 Å². The van der Waals surface area contributed by atoms with Crippen LogP contribution in [0.3, 0.4) is 0 Å². The Morgan fingerprint density at radius 1 is 1.35 bits per heavy atom. The Kier molecular flexibility index (Phi) is 5.47. The molecule has 2 nitrogen and oxygen atoms in total. The van der Waals surface area contributed by atoms with Crippen LogP contribution < -0.4 is 10.6 Å². The molecule has 0 amide bonds. The zero-order valence-corrected chi connectivity index (χ0v) is 12.8. The zero-order valence-electron chi connectivity index (χ0n) is 11.2. The second kappa shape index (κ2) is 6.41. The van der Waals surface area contributed by atoms with E-state index in [0.29, 0.717) is 5.92 Å². The van der Waals surface area contributed by atoms with Gasteiger partial charge >= 0.3 is 0 Å². The summed E-state index contributed by atoms with van der Waals surface area (Å²) >= 11 is 3.59. The molecule has 17 heavy (non-hydrogen) atoms. The van der Waals surface area contributed by atoms with E-state index in [9.17, 15) is 0 Å². The molecule has 1 aromatic carbocycles. The molecule has 0 aromatic heterocycles. The molecule has 1 aromatic rings. The van der Waals surface area contributed by atoms with Crippen LogP contribution in [0.25, 0.3) is 0 Å². The van der Waals surface area contributed by atoms with Crippen molar-refractivity contribution in [3.8, 4) is 0 Å². The molecule has 0 saturated heterocycles. The predicted octanol–water partition coefficient (Wildman–Crippen LogP) is 3.95. The highest BCUT2D eigenvalue weighted by Crippen LogP contribution is 2.27. The van der Waals surface area contributed by atoms with Crippen molar-refractivity contribution >= 4 is 21.6 Å². The summed E-state index contributed by atoms with van der Waals surface area (Å²) in [6.45, 7) is 7.60. The van der Waals surface area contributed by atoms with E-state index in [4.69, 9.17) is 5.73 Å². The fourth-order valence-corrected chi connectivity index (χ4v) is 2.55. The van der Waals surface area contributed by atoms with Gasteiger partial charge in [-0.2, -0.15) is 0 Å². The molecule has 0 bridgehead atoms. The lowest BCUT2D eigenvalue weighted by Gasteiger charge is -2.24. The van der Waals surface area contributed by atoms with Gasteiger partial charge in [0.25, 0.3) is 0 Å². The first-order chi connectivity index (χ1) is 7.95. The highest BCUT2D eigenvalue weighted by Gasteiger charge is 2.09. The lowest BCUT2D eigenvalue weighted by Crippen LogP contribution is -2.23. The number of hydrogen-bond donors (Lipinski definition) is 1. The topological polar surface area (TPSA) is 29.3 Å². The molecule has 0 aliphatic carbocycles. The van der Waals surface area contributed by atoms with Crippen molar-refractivity contribution < 1.29 is 0 Å². The molecule has 0 fully saturated rings. The largest absolute Gasteiger partial charge is 0.374 e. The van der Waals surface area contributed by atoms with Crippen molar-refractivity contribution in [2.45, 2.75) is 33.2 Å². The summed E-state index contributed by atoms with van der Waals surface area (Å²) in [7, 11) is 2.14. The lowest BCUT2D eigenvalue weighted by molar-refractivity contribution is 0.560. The zero-order chi connectivity index (χ0) is 13.0. The Morgan fingerprint density at radius 2 is 2.00 bits per heavy atom. The smallest absolute Gasteiger partial charge is 0.0375 e. The number of halogens is 1. The van der Waals surface area contributed by atoms with Crippen LogP contribution >= 0.6 is 15.9 Å². The summed E-state index contributed by atoms with van der Waals surface area (Å²) in [6, 6.07) is 6.47. The number of nitrogens with two attached hydrogens (primary N) is 1. The molecule has 0 radical (unpaired) electrons. The van der Waals surface area contributed by atoms with Crippen LogP contribution in [-0.4, -0.2) is 13.6 Å². The third-order valence-electron chi connectivity index (χ3n) is 3.20. The first-order valence-electron chi connectivity index (χ1n) is 6.21. The average molecular weight is 299 g/mol. The standard InChI is InChI=1S/C14H23BrN2/c1-5-10(2)9-17(4)12-6-7-13(11(3)16)14(15)8-12/h6-8,10-11H,5,9,16H2,1-4H3. The molecule has 1 rings (SSSR count). The van der Waals surface area contributed by atoms with Gasteiger partial charge in [-0.25, -0.2) is 0 Å². The minimum atomic E-state index is 0.0679. The van der Waals surface area contributed by atoms with Crippen LogP contribution in [0.4, 0.5) is 5.69 Å². The third-order valence-corrected chi connectivity index (χ3v) is 3.88. The third kappa shape index (κ3) is 4.00. The minimum absolute atomic E-state index is 0.0679. The Labute approximate surface area is 113 Å². The number of benzene rings is 1. The van der Waals surface area contributed by atoms with Gasteiger partial charge in [-0.05, 0) is 30.5 Å². The van der Waals surface area contributed by atoms with Gasteiger partial charge in [0.15, 0.2) is 0 Å². The Balaban J connectivity index is 2.82. The normalized spacial score (nSPS) is 14.5. The molecule has 0 heterocycles. The lowest BCUT2D eigenvalue weighted by atomic mass is 10.1. The van der Waals surface area contributed by atoms with E-state index in [1.54, 1.807) is 0 Å². The van der Waals surface area contributed by atoms with Gasteiger partial charge in [-0.15, -0.1) is 0 Å². The maximum Gasteiger partial charge on any atom is 0.0375 e. The number of anilines is 1. The summed E-state index contributed by atoms with van der Waals surface area (Å²) in [4.78, 5) is 2.30. The molecule has 0 saturated carbocycles. The maximum absolute atomic E-state index is 5.90. The fourth-order valence-electron chi connectivity index (χ4n) is 1.82. The van der Waals surface area contributed by atoms with Crippen LogP contribution in [0.15, 0.2) is 22.7 Å². The Hall–Kier alpha value is -0.540. The van der Waals surface area contributed by atoms with E-state index in [2.05, 4.69) is 59.9 Å². The van der Waals surface area contributed by atoms with Crippen molar-refractivity contribution in [2.24, 2.45) is 11.7 Å². The molecule has 3 heteroatoms. The van der Waals surface area contributed by atoms with E-state index in [1.807, 2.05) is 6.92 Å². The van der Waals surface area contributed by atoms with Crippen molar-refractivity contribution in [1.29, 1.82) is 0 Å². The van der Waals surface area contributed by atoms with Crippen LogP contribution in [-0.2, 0) is 0 Å². The summed E-state index contributed by atoms with van der Waals surface area (Å²) in [5, 5.41) is 0. The van der Waals surface area contributed by atoms with Crippen LogP contribution in [0, 0.1) is 5.92 Å². The van der Waals surface area contributed by atoms with Crippen LogP contribution in [0.5, 0.6) is 0 Å². The maximum atomic E-state index is 5.90. The molecule has 96 valence electrons. The monoisotopic (exact) mass is 298 g/mol. The first-order valence-corrected chi connectivity index (χ1v) is 7.01. The van der Waals surface area contributed by atoms with Gasteiger partial charge in [0, 0.05) is 29.8 Å². The van der Waals surface area contributed by atoms with E-state index in [-0.39, 0.29) is 6.04 Å². The molecule has 0 aliphatic rings. The highest BCUT2D eigenvalue weighted by atomic mass is 79.9. The van der Waals surface area contributed by atoms with E-state index >= 15 is 0 Å². The van der Waals surface area contributed by atoms with Crippen molar-refractivity contribution in [1.82, 2.24) is 0 Å². The van der Waals surface area contributed by atoms with Crippen molar-refractivity contribution in [3.05, 3.63) is 28.2 Å². The quantitative estimate of drug-likeness (QED) is 0.892. The highest BCUT2D eigenvalue weighted by molar-refractivity contribution is 9.10. The van der Waals surface area contributed by atoms with Gasteiger partial charge in [0.1, 0.15) is 0 Å². The second-order valence-corrected chi connectivity index (χ2v) is 5.74. The molecule has 2 unspecified atom stereocenters. The summed E-state index contributed by atoms with van der Waals surface area (Å²) in [5.74, 6) is 0.715. The second-order valence-electron chi connectivity index (χ2n) is 4.89. The Bertz CT molecular complexity index is 363. The summed E-state index contributed by atoms with van der Waals surface area (Å²) in [6.07, 6.45) is 1.21. The summed E-state index contributed by atoms with van der Waals surface area (Å²) < 4.78 is 1.10. The van der Waals surface area contributed by atoms with Gasteiger partial charge < -0.3 is 10.6 Å². The van der Waals surface area contributed by atoms with E-state index in [0.717, 1.165) is 16.6 Å². The molecule has 0 aliphatic heterocycles. The van der Waals surface area contributed by atoms with Gasteiger partial charge in [0.2, 0.25) is 0 Å². The van der Waals surface area contributed by atoms with Crippen molar-refractivity contribution in [3.63, 3.8) is 0 Å². The molecule has 0 spiro atoms. The van der Waals surface area contributed by atoms with Crippen LogP contribution in [0.1, 0.15) is 38.8 Å². The number of hydrogen-bond acceptors (Lipinski definition) is 2. The molecule has 2 atom stereocenters. The van der Waals surface area contributed by atoms with Gasteiger partial charge in [-0.1, -0.05) is 42.3 Å². The van der Waals surface area contributed by atoms with E-state index in [1.165, 1.54) is 12.1 Å². The molecule has 2 N–H and O–H groups in total. The first kappa shape index (κ1) is 14.5. The van der Waals surface area contributed by atoms with Crippen LogP contribution in [0.2, 0.25) is 0 Å². The number of rotatable bonds is 5. The molecular formula is C14H23BrN2. The predicted molar refractivity (Wildman–Crippen MR) is 79.5 cm³/mol. The van der Waals surface area contributed by atoms with E-state index < -0.39 is 0 Å². The SMILES string of the molecule is CCC(C)CN(C)c1ccc(C(C)N)c(Br)c1. The Morgan fingerprint density at radius 3 is 2.47 bits per heavy atom. The molecular weight excluding hydrogens is 276 g/mol. The van der Waals surface area contributed by atoms with Gasteiger partial charge in [-0.3, -0.25) is 0 Å². The van der Waals surface area contributed by atoms with Crippen molar-refractivity contribution in [2.75, 3.05) is 18.5 Å². The minimum Gasteiger partial charge on any atom is -0.374 e. The number of nitrogens with zero attached hydrogens (tertiary/aromatic N) is 1. The summed E-state index contributed by atoms with van der Waals surface area (Å²) in [5.41, 5.74) is 8.29. The fraction of sp³-hybridized carbons (Fsp3) is 0.571.